The van der Waals surface area contributed by atoms with Gasteiger partial charge in [-0.2, -0.15) is 0 Å². The number of rotatable bonds is 5. The van der Waals surface area contributed by atoms with Gasteiger partial charge in [0, 0.05) is 0 Å². The minimum absolute atomic E-state index is 0.297. The largest absolute Gasteiger partial charge is 0.465 e. The summed E-state index contributed by atoms with van der Waals surface area (Å²) < 4.78 is 11.3. The Morgan fingerprint density at radius 2 is 1.78 bits per heavy atom. The highest BCUT2D eigenvalue weighted by atomic mass is 16.6. The summed E-state index contributed by atoms with van der Waals surface area (Å²) in [5, 5.41) is 0. The van der Waals surface area contributed by atoms with E-state index in [0.717, 1.165) is 23.1 Å². The monoisotopic (exact) mass is 366 g/mol. The first-order chi connectivity index (χ1) is 13.0. The summed E-state index contributed by atoms with van der Waals surface area (Å²) in [6, 6.07) is 15.2. The average Bonchev–Trinajstić information content (AvgIpc) is 3.07. The van der Waals surface area contributed by atoms with E-state index < -0.39 is 11.5 Å². The lowest BCUT2D eigenvalue weighted by molar-refractivity contribution is -0.154. The highest BCUT2D eigenvalue weighted by molar-refractivity contribution is 5.92. The van der Waals surface area contributed by atoms with E-state index in [-0.39, 0.29) is 11.9 Å². The molecule has 4 heteroatoms. The highest BCUT2D eigenvalue weighted by Crippen LogP contribution is 2.44. The summed E-state index contributed by atoms with van der Waals surface area (Å²) in [6.07, 6.45) is 1.52. The number of hydrogen-bond acceptors (Lipinski definition) is 4. The summed E-state index contributed by atoms with van der Waals surface area (Å²) >= 11 is 0. The quantitative estimate of drug-likeness (QED) is 0.731. The fourth-order valence-electron chi connectivity index (χ4n) is 3.92. The molecule has 2 aromatic carbocycles. The third-order valence-corrected chi connectivity index (χ3v) is 5.41. The van der Waals surface area contributed by atoms with Crippen molar-refractivity contribution in [3.8, 4) is 0 Å². The molecule has 1 saturated carbocycles. The third kappa shape index (κ3) is 3.61. The molecule has 3 rings (SSSR count). The van der Waals surface area contributed by atoms with Crippen molar-refractivity contribution in [2.45, 2.75) is 51.6 Å². The Bertz CT molecular complexity index is 825. The van der Waals surface area contributed by atoms with Crippen LogP contribution in [0.4, 0.5) is 0 Å². The van der Waals surface area contributed by atoms with Gasteiger partial charge in [-0.25, -0.2) is 4.79 Å². The molecule has 4 nitrogen and oxygen atoms in total. The maximum Gasteiger partial charge on any atom is 0.338 e. The summed E-state index contributed by atoms with van der Waals surface area (Å²) in [4.78, 5) is 25.8. The predicted molar refractivity (Wildman–Crippen MR) is 104 cm³/mol. The van der Waals surface area contributed by atoms with Gasteiger partial charge >= 0.3 is 11.9 Å². The lowest BCUT2D eigenvalue weighted by Gasteiger charge is -2.33. The minimum Gasteiger partial charge on any atom is -0.465 e. The number of ether oxygens (including phenoxy) is 2. The maximum absolute atomic E-state index is 13.0. The van der Waals surface area contributed by atoms with E-state index in [1.54, 1.807) is 13.0 Å². The van der Waals surface area contributed by atoms with Gasteiger partial charge in [0.15, 0.2) is 0 Å². The lowest BCUT2D eigenvalue weighted by Crippen LogP contribution is -2.46. The van der Waals surface area contributed by atoms with E-state index in [1.807, 2.05) is 56.3 Å². The van der Waals surface area contributed by atoms with Crippen LogP contribution in [0.2, 0.25) is 0 Å². The molecule has 0 aliphatic heterocycles. The second kappa shape index (κ2) is 7.95. The van der Waals surface area contributed by atoms with Gasteiger partial charge in [0.2, 0.25) is 0 Å². The van der Waals surface area contributed by atoms with Gasteiger partial charge in [0.1, 0.15) is 11.5 Å². The molecule has 142 valence electrons. The first kappa shape index (κ1) is 19.2. The molecular weight excluding hydrogens is 340 g/mol. The molecule has 1 fully saturated rings. The number of hydrogen-bond donors (Lipinski definition) is 0. The van der Waals surface area contributed by atoms with Crippen LogP contribution in [0, 0.1) is 13.8 Å². The number of carbonyl (C=O) groups is 2. The highest BCUT2D eigenvalue weighted by Gasteiger charge is 2.53. The van der Waals surface area contributed by atoms with E-state index >= 15 is 0 Å². The van der Waals surface area contributed by atoms with Gasteiger partial charge in [-0.15, -0.1) is 0 Å². The Labute approximate surface area is 160 Å². The molecule has 0 amide bonds. The summed E-state index contributed by atoms with van der Waals surface area (Å²) in [5.41, 5.74) is 2.42. The van der Waals surface area contributed by atoms with Crippen LogP contribution in [0.1, 0.15) is 53.2 Å². The van der Waals surface area contributed by atoms with E-state index in [4.69, 9.17) is 9.47 Å². The fraction of sp³-hybridized carbons (Fsp3) is 0.391. The average molecular weight is 366 g/mol. The van der Waals surface area contributed by atoms with E-state index in [1.165, 1.54) is 0 Å². The van der Waals surface area contributed by atoms with Crippen molar-refractivity contribution in [2.24, 2.45) is 0 Å². The van der Waals surface area contributed by atoms with Crippen molar-refractivity contribution in [3.05, 3.63) is 70.8 Å². The Morgan fingerprint density at radius 1 is 1.07 bits per heavy atom. The molecule has 2 aromatic rings. The Hall–Kier alpha value is -2.62. The Morgan fingerprint density at radius 3 is 2.44 bits per heavy atom. The van der Waals surface area contributed by atoms with Crippen molar-refractivity contribution >= 4 is 11.9 Å². The standard InChI is InChI=1S/C23H26O4/c1-4-26-22(25)23(18-13-11-16(2)12-14-18)15-7-10-20(23)27-21(24)19-9-6-5-8-17(19)3/h5-6,8-9,11-14,20H,4,7,10,15H2,1-3H3. The van der Waals surface area contributed by atoms with Gasteiger partial charge in [-0.1, -0.05) is 48.0 Å². The molecular formula is C23H26O4. The summed E-state index contributed by atoms with van der Waals surface area (Å²) in [6.45, 7) is 5.98. The molecule has 0 N–H and O–H groups in total. The molecule has 1 aliphatic carbocycles. The summed E-state index contributed by atoms with van der Waals surface area (Å²) in [7, 11) is 0. The first-order valence-corrected chi connectivity index (χ1v) is 9.50. The van der Waals surface area contributed by atoms with E-state index in [0.29, 0.717) is 25.0 Å². The van der Waals surface area contributed by atoms with Crippen LogP contribution in [0.3, 0.4) is 0 Å². The van der Waals surface area contributed by atoms with Gasteiger partial charge in [0.05, 0.1) is 12.2 Å². The topological polar surface area (TPSA) is 52.6 Å². The van der Waals surface area contributed by atoms with Gasteiger partial charge in [-0.05, 0) is 57.2 Å². The lowest BCUT2D eigenvalue weighted by atomic mass is 9.76. The Kier molecular flexibility index (Phi) is 5.64. The molecule has 2 unspecified atom stereocenters. The summed E-state index contributed by atoms with van der Waals surface area (Å²) in [5.74, 6) is -0.699. The molecule has 0 saturated heterocycles. The van der Waals surface area contributed by atoms with Gasteiger partial charge in [-0.3, -0.25) is 4.79 Å². The predicted octanol–water partition coefficient (Wildman–Crippen LogP) is 4.51. The molecule has 0 spiro atoms. The fourth-order valence-corrected chi connectivity index (χ4v) is 3.92. The molecule has 1 aliphatic rings. The maximum atomic E-state index is 13.0. The minimum atomic E-state index is -0.942. The van der Waals surface area contributed by atoms with Crippen LogP contribution in [0.15, 0.2) is 48.5 Å². The number of esters is 2. The second-order valence-electron chi connectivity index (χ2n) is 7.16. The number of carbonyl (C=O) groups excluding carboxylic acids is 2. The zero-order valence-electron chi connectivity index (χ0n) is 16.2. The van der Waals surface area contributed by atoms with Crippen LogP contribution < -0.4 is 0 Å². The van der Waals surface area contributed by atoms with Crippen molar-refractivity contribution in [2.75, 3.05) is 6.61 Å². The molecule has 2 atom stereocenters. The Balaban J connectivity index is 1.97. The van der Waals surface area contributed by atoms with Crippen molar-refractivity contribution in [3.63, 3.8) is 0 Å². The zero-order chi connectivity index (χ0) is 19.4. The molecule has 0 heterocycles. The van der Waals surface area contributed by atoms with Crippen LogP contribution >= 0.6 is 0 Å². The van der Waals surface area contributed by atoms with Crippen molar-refractivity contribution in [1.29, 1.82) is 0 Å². The van der Waals surface area contributed by atoms with Crippen LogP contribution in [0.25, 0.3) is 0 Å². The number of aryl methyl sites for hydroxylation is 2. The van der Waals surface area contributed by atoms with Crippen molar-refractivity contribution < 1.29 is 19.1 Å². The van der Waals surface area contributed by atoms with Crippen LogP contribution in [-0.2, 0) is 19.7 Å². The first-order valence-electron chi connectivity index (χ1n) is 9.50. The van der Waals surface area contributed by atoms with Gasteiger partial charge < -0.3 is 9.47 Å². The molecule has 0 aromatic heterocycles. The normalized spacial score (nSPS) is 21.7. The SMILES string of the molecule is CCOC(=O)C1(c2ccc(C)cc2)CCCC1OC(=O)c1ccccc1C. The third-order valence-electron chi connectivity index (χ3n) is 5.41. The second-order valence-corrected chi connectivity index (χ2v) is 7.16. The van der Waals surface area contributed by atoms with Crippen LogP contribution in [-0.4, -0.2) is 24.6 Å². The van der Waals surface area contributed by atoms with E-state index in [9.17, 15) is 9.59 Å². The van der Waals surface area contributed by atoms with Crippen LogP contribution in [0.5, 0.6) is 0 Å². The van der Waals surface area contributed by atoms with E-state index in [2.05, 4.69) is 0 Å². The zero-order valence-corrected chi connectivity index (χ0v) is 16.2. The van der Waals surface area contributed by atoms with Crippen molar-refractivity contribution in [1.82, 2.24) is 0 Å². The molecule has 0 radical (unpaired) electrons. The molecule has 0 bridgehead atoms. The smallest absolute Gasteiger partial charge is 0.338 e. The molecule has 27 heavy (non-hydrogen) atoms. The number of benzene rings is 2. The van der Waals surface area contributed by atoms with Gasteiger partial charge in [0.25, 0.3) is 0 Å².